The van der Waals surface area contributed by atoms with Crippen molar-refractivity contribution in [1.82, 2.24) is 14.8 Å². The molecule has 1 aliphatic rings. The number of benzene rings is 2. The summed E-state index contributed by atoms with van der Waals surface area (Å²) in [5.74, 6) is 1.37. The number of methoxy groups -OCH3 is 1. The molecule has 2 aromatic carbocycles. The van der Waals surface area contributed by atoms with E-state index < -0.39 is 0 Å². The van der Waals surface area contributed by atoms with E-state index in [2.05, 4.69) is 31.3 Å². The summed E-state index contributed by atoms with van der Waals surface area (Å²) in [4.78, 5) is 16.1. The lowest BCUT2D eigenvalue weighted by atomic mass is 10.0. The highest BCUT2D eigenvalue weighted by molar-refractivity contribution is 9.10. The summed E-state index contributed by atoms with van der Waals surface area (Å²) >= 11 is 15.6. The number of fused-ring (bicyclic) bond motifs is 1. The van der Waals surface area contributed by atoms with Crippen LogP contribution in [-0.4, -0.2) is 27.8 Å². The number of halogens is 3. The van der Waals surface area contributed by atoms with Crippen LogP contribution >= 0.6 is 39.1 Å². The normalized spacial score (nSPS) is 15.6. The van der Waals surface area contributed by atoms with E-state index in [1.165, 1.54) is 6.33 Å². The summed E-state index contributed by atoms with van der Waals surface area (Å²) in [7, 11) is 1.56. The molecule has 1 amide bonds. The second kappa shape index (κ2) is 8.22. The van der Waals surface area contributed by atoms with Crippen molar-refractivity contribution in [2.45, 2.75) is 19.1 Å². The van der Waals surface area contributed by atoms with Gasteiger partial charge in [-0.25, -0.2) is 4.68 Å². The summed E-state index contributed by atoms with van der Waals surface area (Å²) in [6.07, 6.45) is 1.66. The molecule has 0 unspecified atom stereocenters. The molecular formula is C19H15BrCl2N4O3. The summed E-state index contributed by atoms with van der Waals surface area (Å²) in [6.45, 7) is 0.282. The van der Waals surface area contributed by atoms with Gasteiger partial charge in [-0.1, -0.05) is 29.3 Å². The number of nitrogens with zero attached hydrogens (tertiary/aromatic N) is 3. The Morgan fingerprint density at radius 3 is 2.86 bits per heavy atom. The lowest BCUT2D eigenvalue weighted by molar-refractivity contribution is -0.117. The van der Waals surface area contributed by atoms with Gasteiger partial charge in [0.1, 0.15) is 12.9 Å². The fourth-order valence-corrected chi connectivity index (χ4v) is 4.02. The van der Waals surface area contributed by atoms with Crippen LogP contribution in [-0.2, 0) is 11.4 Å². The Labute approximate surface area is 185 Å². The first-order valence-corrected chi connectivity index (χ1v) is 10.1. The van der Waals surface area contributed by atoms with Gasteiger partial charge in [-0.15, -0.1) is 0 Å². The van der Waals surface area contributed by atoms with Crippen molar-refractivity contribution in [1.29, 1.82) is 0 Å². The average Bonchev–Trinajstić information content (AvgIpc) is 3.16. The number of rotatable bonds is 5. The van der Waals surface area contributed by atoms with Crippen LogP contribution in [0.2, 0.25) is 10.0 Å². The first-order chi connectivity index (χ1) is 14.0. The fraction of sp³-hybridized carbons (Fsp3) is 0.211. The Balaban J connectivity index is 1.63. The van der Waals surface area contributed by atoms with Crippen molar-refractivity contribution in [2.75, 3.05) is 12.4 Å². The number of carbonyl (C=O) groups excluding carboxylic acids is 1. The highest BCUT2D eigenvalue weighted by atomic mass is 79.9. The van der Waals surface area contributed by atoms with E-state index in [0.29, 0.717) is 32.0 Å². The number of amides is 1. The molecule has 1 aromatic heterocycles. The topological polar surface area (TPSA) is 78.3 Å². The number of aromatic nitrogens is 3. The third-order valence-corrected chi connectivity index (χ3v) is 5.83. The van der Waals surface area contributed by atoms with Crippen LogP contribution in [0.5, 0.6) is 11.5 Å². The predicted octanol–water partition coefficient (Wildman–Crippen LogP) is 4.87. The quantitative estimate of drug-likeness (QED) is 0.544. The minimum Gasteiger partial charge on any atom is -0.493 e. The van der Waals surface area contributed by atoms with Crippen LogP contribution in [0.15, 0.2) is 41.1 Å². The molecule has 150 valence electrons. The smallest absolute Gasteiger partial charge is 0.229 e. The van der Waals surface area contributed by atoms with Gasteiger partial charge in [0.05, 0.1) is 34.1 Å². The maximum Gasteiger partial charge on any atom is 0.229 e. The molecule has 0 radical (unpaired) electrons. The number of carbonyl (C=O) groups is 1. The van der Waals surface area contributed by atoms with Gasteiger partial charge in [0.2, 0.25) is 11.9 Å². The minimum absolute atomic E-state index is 0.120. The molecule has 0 saturated carbocycles. The zero-order valence-corrected chi connectivity index (χ0v) is 18.3. The first kappa shape index (κ1) is 20.0. The summed E-state index contributed by atoms with van der Waals surface area (Å²) < 4.78 is 13.9. The summed E-state index contributed by atoms with van der Waals surface area (Å²) in [5.41, 5.74) is 1.71. The Morgan fingerprint density at radius 1 is 1.28 bits per heavy atom. The third-order valence-electron chi connectivity index (χ3n) is 4.50. The van der Waals surface area contributed by atoms with Crippen molar-refractivity contribution in [3.05, 3.63) is 62.3 Å². The molecule has 2 heterocycles. The van der Waals surface area contributed by atoms with Gasteiger partial charge >= 0.3 is 0 Å². The lowest BCUT2D eigenvalue weighted by Gasteiger charge is -2.25. The average molecular weight is 498 g/mol. The molecule has 4 rings (SSSR count). The molecule has 7 nitrogen and oxygen atoms in total. The molecule has 10 heteroatoms. The maximum atomic E-state index is 12.0. The van der Waals surface area contributed by atoms with Gasteiger partial charge in [-0.2, -0.15) is 10.1 Å². The number of anilines is 1. The predicted molar refractivity (Wildman–Crippen MR) is 113 cm³/mol. The van der Waals surface area contributed by atoms with Crippen LogP contribution in [0.4, 0.5) is 5.95 Å². The van der Waals surface area contributed by atoms with Crippen molar-refractivity contribution in [3.63, 3.8) is 0 Å². The van der Waals surface area contributed by atoms with Crippen LogP contribution in [0.25, 0.3) is 0 Å². The van der Waals surface area contributed by atoms with Gasteiger partial charge < -0.3 is 9.47 Å². The maximum absolute atomic E-state index is 12.0. The van der Waals surface area contributed by atoms with Gasteiger partial charge in [0.15, 0.2) is 11.5 Å². The zero-order valence-electron chi connectivity index (χ0n) is 15.2. The van der Waals surface area contributed by atoms with Gasteiger partial charge in [-0.3, -0.25) is 10.1 Å². The largest absolute Gasteiger partial charge is 0.493 e. The number of hydrogen-bond donors (Lipinski definition) is 1. The number of ether oxygens (including phenoxy) is 2. The van der Waals surface area contributed by atoms with E-state index >= 15 is 0 Å². The minimum atomic E-state index is -0.296. The van der Waals surface area contributed by atoms with E-state index in [1.807, 2.05) is 18.2 Å². The molecule has 1 aliphatic heterocycles. The van der Waals surface area contributed by atoms with Crippen LogP contribution in [0.1, 0.15) is 23.6 Å². The third kappa shape index (κ3) is 4.05. The molecule has 3 aromatic rings. The second-order valence-corrected chi connectivity index (χ2v) is 8.04. The Hall–Kier alpha value is -2.29. The van der Waals surface area contributed by atoms with Crippen LogP contribution in [0, 0.1) is 0 Å². The Morgan fingerprint density at radius 2 is 2.10 bits per heavy atom. The zero-order chi connectivity index (χ0) is 20.5. The van der Waals surface area contributed by atoms with Gasteiger partial charge in [0.25, 0.3) is 0 Å². The second-order valence-electron chi connectivity index (χ2n) is 6.37. The monoisotopic (exact) mass is 496 g/mol. The van der Waals surface area contributed by atoms with Crippen molar-refractivity contribution >= 4 is 51.0 Å². The first-order valence-electron chi connectivity index (χ1n) is 8.59. The molecule has 0 bridgehead atoms. The van der Waals surface area contributed by atoms with E-state index in [9.17, 15) is 4.79 Å². The van der Waals surface area contributed by atoms with E-state index in [0.717, 1.165) is 11.1 Å². The van der Waals surface area contributed by atoms with Gasteiger partial charge in [0, 0.05) is 0 Å². The molecule has 0 spiro atoms. The van der Waals surface area contributed by atoms with Crippen LogP contribution < -0.4 is 14.8 Å². The summed E-state index contributed by atoms with van der Waals surface area (Å²) in [6, 6.07) is 8.75. The fourth-order valence-electron chi connectivity index (χ4n) is 3.12. The summed E-state index contributed by atoms with van der Waals surface area (Å²) in [5, 5.41) is 7.89. The SMILES string of the molecule is COc1cc([C@H]2CC(=O)Nc3ncnn32)cc(Br)c1OCc1ccc(Cl)c(Cl)c1. The Bertz CT molecular complexity index is 1090. The van der Waals surface area contributed by atoms with E-state index in [-0.39, 0.29) is 25.0 Å². The van der Waals surface area contributed by atoms with Crippen molar-refractivity contribution in [2.24, 2.45) is 0 Å². The van der Waals surface area contributed by atoms with Gasteiger partial charge in [-0.05, 0) is 51.3 Å². The molecule has 0 fully saturated rings. The Kier molecular flexibility index (Phi) is 5.67. The molecule has 1 N–H and O–H groups in total. The van der Waals surface area contributed by atoms with E-state index in [1.54, 1.807) is 23.9 Å². The van der Waals surface area contributed by atoms with Crippen LogP contribution in [0.3, 0.4) is 0 Å². The van der Waals surface area contributed by atoms with E-state index in [4.69, 9.17) is 32.7 Å². The standard InChI is InChI=1S/C19H15BrCl2N4O3/c1-28-16-6-11(15-7-17(27)25-19-23-9-24-26(15)19)5-12(20)18(16)29-8-10-2-3-13(21)14(22)4-10/h2-6,9,15H,7-8H2,1H3,(H,23,24,25,27)/t15-/m1/s1. The van der Waals surface area contributed by atoms with Crippen molar-refractivity contribution < 1.29 is 14.3 Å². The number of hydrogen-bond acceptors (Lipinski definition) is 5. The molecular weight excluding hydrogens is 483 g/mol. The molecule has 0 aliphatic carbocycles. The molecule has 0 saturated heterocycles. The highest BCUT2D eigenvalue weighted by Gasteiger charge is 2.29. The molecule has 29 heavy (non-hydrogen) atoms. The number of nitrogens with one attached hydrogen (secondary N) is 1. The van der Waals surface area contributed by atoms with Crippen molar-refractivity contribution in [3.8, 4) is 11.5 Å². The molecule has 1 atom stereocenters. The highest BCUT2D eigenvalue weighted by Crippen LogP contribution is 2.41. The lowest BCUT2D eigenvalue weighted by Crippen LogP contribution is -2.29.